The smallest absolute Gasteiger partial charge is 0.125 e. The van der Waals surface area contributed by atoms with E-state index in [9.17, 15) is 0 Å². The van der Waals surface area contributed by atoms with E-state index in [1.807, 2.05) is 31.2 Å². The number of pyridine rings is 2. The average Bonchev–Trinajstić information content (AvgIpc) is 2.24. The molecule has 0 aliphatic rings. The summed E-state index contributed by atoms with van der Waals surface area (Å²) in [5, 5.41) is 1.75. The zero-order valence-corrected chi connectivity index (χ0v) is 9.16. The normalized spacial score (nSPS) is 10.2. The van der Waals surface area contributed by atoms with E-state index in [0.717, 1.165) is 15.6 Å². The van der Waals surface area contributed by atoms with Crippen LogP contribution in [0.3, 0.4) is 0 Å². The predicted octanol–water partition coefficient (Wildman–Crippen LogP) is 2.52. The Morgan fingerprint density at radius 2 is 1.73 bits per heavy atom. The summed E-state index contributed by atoms with van der Waals surface area (Å²) in [5.41, 5.74) is 7.63. The number of nitrogens with zero attached hydrogens (tertiary/aromatic N) is 2. The SMILES string of the molecule is Cc1cccnc1Sc1ncccc1N. The van der Waals surface area contributed by atoms with E-state index in [4.69, 9.17) is 5.73 Å². The van der Waals surface area contributed by atoms with Crippen molar-refractivity contribution in [2.75, 3.05) is 5.73 Å². The molecule has 2 N–H and O–H groups in total. The van der Waals surface area contributed by atoms with Gasteiger partial charge < -0.3 is 5.73 Å². The fourth-order valence-electron chi connectivity index (χ4n) is 1.16. The minimum atomic E-state index is 0.688. The lowest BCUT2D eigenvalue weighted by atomic mass is 10.3. The lowest BCUT2D eigenvalue weighted by molar-refractivity contribution is 1.06. The van der Waals surface area contributed by atoms with Crippen LogP contribution in [0.15, 0.2) is 46.7 Å². The first-order chi connectivity index (χ1) is 7.27. The van der Waals surface area contributed by atoms with Crippen molar-refractivity contribution in [3.63, 3.8) is 0 Å². The van der Waals surface area contributed by atoms with E-state index in [1.54, 1.807) is 12.4 Å². The Balaban J connectivity index is 2.30. The molecule has 3 nitrogen and oxygen atoms in total. The largest absolute Gasteiger partial charge is 0.397 e. The molecule has 0 unspecified atom stereocenters. The third kappa shape index (κ3) is 2.27. The molecule has 0 aliphatic heterocycles. The minimum Gasteiger partial charge on any atom is -0.397 e. The standard InChI is InChI=1S/C11H11N3S/c1-8-4-2-6-13-10(8)15-11-9(12)5-3-7-14-11/h2-7H,12H2,1H3. The number of rotatable bonds is 2. The molecule has 0 saturated carbocycles. The molecule has 0 aromatic carbocycles. The van der Waals surface area contributed by atoms with Crippen LogP contribution < -0.4 is 5.73 Å². The Bertz CT molecular complexity index is 427. The summed E-state index contributed by atoms with van der Waals surface area (Å²) >= 11 is 1.49. The summed E-state index contributed by atoms with van der Waals surface area (Å²) in [6.07, 6.45) is 3.51. The molecule has 2 aromatic rings. The number of nitrogens with two attached hydrogens (primary N) is 1. The van der Waals surface area contributed by atoms with Gasteiger partial charge in [0, 0.05) is 12.4 Å². The first kappa shape index (κ1) is 9.98. The van der Waals surface area contributed by atoms with E-state index in [2.05, 4.69) is 9.97 Å². The molecule has 0 spiro atoms. The van der Waals surface area contributed by atoms with Crippen LogP contribution in [0.1, 0.15) is 5.56 Å². The van der Waals surface area contributed by atoms with Gasteiger partial charge in [-0.25, -0.2) is 9.97 Å². The van der Waals surface area contributed by atoms with Crippen LogP contribution in [-0.4, -0.2) is 9.97 Å². The van der Waals surface area contributed by atoms with Crippen molar-refractivity contribution < 1.29 is 0 Å². The quantitative estimate of drug-likeness (QED) is 0.839. The number of aryl methyl sites for hydroxylation is 1. The summed E-state index contributed by atoms with van der Waals surface area (Å²) in [4.78, 5) is 8.49. The fraction of sp³-hybridized carbons (Fsp3) is 0.0909. The summed E-state index contributed by atoms with van der Waals surface area (Å²) < 4.78 is 0. The number of aromatic nitrogens is 2. The van der Waals surface area contributed by atoms with Crippen molar-refractivity contribution in [2.45, 2.75) is 17.0 Å². The van der Waals surface area contributed by atoms with Crippen LogP contribution in [0.2, 0.25) is 0 Å². The molecule has 2 aromatic heterocycles. The van der Waals surface area contributed by atoms with Crippen molar-refractivity contribution in [1.29, 1.82) is 0 Å². The van der Waals surface area contributed by atoms with E-state index < -0.39 is 0 Å². The number of nitrogen functional groups attached to an aromatic ring is 1. The maximum absolute atomic E-state index is 5.81. The second-order valence-electron chi connectivity index (χ2n) is 3.13. The summed E-state index contributed by atoms with van der Waals surface area (Å²) in [7, 11) is 0. The third-order valence-electron chi connectivity index (χ3n) is 1.96. The molecular formula is C11H11N3S. The second-order valence-corrected chi connectivity index (χ2v) is 4.10. The van der Waals surface area contributed by atoms with Crippen LogP contribution in [0, 0.1) is 6.92 Å². The molecule has 0 bridgehead atoms. The Morgan fingerprint density at radius 3 is 2.40 bits per heavy atom. The van der Waals surface area contributed by atoms with Gasteiger partial charge in [-0.15, -0.1) is 0 Å². The van der Waals surface area contributed by atoms with Crippen molar-refractivity contribution in [3.05, 3.63) is 42.2 Å². The molecule has 4 heteroatoms. The van der Waals surface area contributed by atoms with Crippen molar-refractivity contribution in [2.24, 2.45) is 0 Å². The van der Waals surface area contributed by atoms with Crippen molar-refractivity contribution >= 4 is 17.4 Å². The third-order valence-corrected chi connectivity index (χ3v) is 3.11. The molecule has 0 saturated heterocycles. The van der Waals surface area contributed by atoms with Gasteiger partial charge in [0.1, 0.15) is 10.1 Å². The van der Waals surface area contributed by atoms with Gasteiger partial charge in [0.25, 0.3) is 0 Å². The Labute approximate surface area is 92.8 Å². The molecule has 76 valence electrons. The molecule has 0 fully saturated rings. The maximum Gasteiger partial charge on any atom is 0.125 e. The summed E-state index contributed by atoms with van der Waals surface area (Å²) in [6, 6.07) is 7.61. The monoisotopic (exact) mass is 217 g/mol. The van der Waals surface area contributed by atoms with Gasteiger partial charge in [-0.3, -0.25) is 0 Å². The molecule has 0 atom stereocenters. The average molecular weight is 217 g/mol. The molecule has 0 aliphatic carbocycles. The van der Waals surface area contributed by atoms with Gasteiger partial charge in [-0.05, 0) is 42.4 Å². The van der Waals surface area contributed by atoms with E-state index in [0.29, 0.717) is 5.69 Å². The molecule has 0 amide bonds. The Morgan fingerprint density at radius 1 is 1.07 bits per heavy atom. The number of hydrogen-bond acceptors (Lipinski definition) is 4. The summed E-state index contributed by atoms with van der Waals surface area (Å²) in [5.74, 6) is 0. The first-order valence-corrected chi connectivity index (χ1v) is 5.39. The van der Waals surface area contributed by atoms with Gasteiger partial charge in [0.05, 0.1) is 5.69 Å². The zero-order chi connectivity index (χ0) is 10.7. The second kappa shape index (κ2) is 4.31. The highest BCUT2D eigenvalue weighted by atomic mass is 32.2. The van der Waals surface area contributed by atoms with E-state index >= 15 is 0 Å². The minimum absolute atomic E-state index is 0.688. The predicted molar refractivity (Wildman–Crippen MR) is 61.7 cm³/mol. The Kier molecular flexibility index (Phi) is 2.87. The van der Waals surface area contributed by atoms with Crippen LogP contribution in [-0.2, 0) is 0 Å². The highest BCUT2D eigenvalue weighted by molar-refractivity contribution is 7.99. The van der Waals surface area contributed by atoms with Crippen molar-refractivity contribution in [3.8, 4) is 0 Å². The highest BCUT2D eigenvalue weighted by Gasteiger charge is 2.05. The van der Waals surface area contributed by atoms with E-state index in [1.165, 1.54) is 11.8 Å². The topological polar surface area (TPSA) is 51.8 Å². The summed E-state index contributed by atoms with van der Waals surface area (Å²) in [6.45, 7) is 2.02. The fourth-order valence-corrected chi connectivity index (χ4v) is 1.98. The molecule has 0 radical (unpaired) electrons. The molecule has 2 rings (SSSR count). The van der Waals surface area contributed by atoms with Gasteiger partial charge in [-0.2, -0.15) is 0 Å². The molecular weight excluding hydrogens is 206 g/mol. The zero-order valence-electron chi connectivity index (χ0n) is 8.34. The van der Waals surface area contributed by atoms with Crippen LogP contribution >= 0.6 is 11.8 Å². The van der Waals surface area contributed by atoms with Gasteiger partial charge in [0.15, 0.2) is 0 Å². The maximum atomic E-state index is 5.81. The van der Waals surface area contributed by atoms with Gasteiger partial charge in [-0.1, -0.05) is 6.07 Å². The van der Waals surface area contributed by atoms with Crippen LogP contribution in [0.5, 0.6) is 0 Å². The Hall–Kier alpha value is -1.55. The lowest BCUT2D eigenvalue weighted by Crippen LogP contribution is -1.92. The number of hydrogen-bond donors (Lipinski definition) is 1. The number of anilines is 1. The molecule has 15 heavy (non-hydrogen) atoms. The molecule has 2 heterocycles. The lowest BCUT2D eigenvalue weighted by Gasteiger charge is -2.04. The van der Waals surface area contributed by atoms with Crippen LogP contribution in [0.25, 0.3) is 0 Å². The van der Waals surface area contributed by atoms with Crippen LogP contribution in [0.4, 0.5) is 5.69 Å². The van der Waals surface area contributed by atoms with Gasteiger partial charge in [0.2, 0.25) is 0 Å². The van der Waals surface area contributed by atoms with Gasteiger partial charge >= 0.3 is 0 Å². The first-order valence-electron chi connectivity index (χ1n) is 4.57. The van der Waals surface area contributed by atoms with Crippen molar-refractivity contribution in [1.82, 2.24) is 9.97 Å². The highest BCUT2D eigenvalue weighted by Crippen LogP contribution is 2.29. The van der Waals surface area contributed by atoms with E-state index in [-0.39, 0.29) is 0 Å².